The van der Waals surface area contributed by atoms with Gasteiger partial charge in [-0.05, 0) is 37.3 Å². The van der Waals surface area contributed by atoms with Crippen LogP contribution in [0.2, 0.25) is 0 Å². The minimum Gasteiger partial charge on any atom is -0.482 e. The van der Waals surface area contributed by atoms with Gasteiger partial charge in [-0.15, -0.1) is 0 Å². The molecule has 172 valence electrons. The summed E-state index contributed by atoms with van der Waals surface area (Å²) in [6.07, 6.45) is 1.39. The Bertz CT molecular complexity index is 1160. The number of nitrogens with two attached hydrogens (primary N) is 1. The molecule has 0 aliphatic carbocycles. The Hall–Kier alpha value is -3.14. The van der Waals surface area contributed by atoms with E-state index in [4.69, 9.17) is 19.9 Å². The van der Waals surface area contributed by atoms with E-state index < -0.39 is 23.8 Å². The molecular weight excluding hydrogens is 432 g/mol. The van der Waals surface area contributed by atoms with Crippen molar-refractivity contribution < 1.29 is 28.1 Å². The fourth-order valence-corrected chi connectivity index (χ4v) is 4.32. The van der Waals surface area contributed by atoms with Gasteiger partial charge in [-0.3, -0.25) is 4.98 Å². The monoisotopic (exact) mass is 455 g/mol. The lowest BCUT2D eigenvalue weighted by molar-refractivity contribution is 0.0181. The van der Waals surface area contributed by atoms with E-state index in [1.54, 1.807) is 25.4 Å². The van der Waals surface area contributed by atoms with E-state index in [1.807, 2.05) is 12.1 Å². The smallest absolute Gasteiger partial charge is 0.166 e. The predicted molar refractivity (Wildman–Crippen MR) is 116 cm³/mol. The average Bonchev–Trinajstić information content (AvgIpc) is 3.40. The van der Waals surface area contributed by atoms with E-state index >= 15 is 0 Å². The van der Waals surface area contributed by atoms with Gasteiger partial charge in [0, 0.05) is 34.8 Å². The quantitative estimate of drug-likeness (QED) is 0.608. The Labute approximate surface area is 189 Å². The van der Waals surface area contributed by atoms with E-state index in [-0.39, 0.29) is 41.9 Å². The van der Waals surface area contributed by atoms with Crippen LogP contribution in [0.4, 0.5) is 14.6 Å². The van der Waals surface area contributed by atoms with E-state index in [2.05, 4.69) is 9.97 Å². The maximum atomic E-state index is 14.1. The summed E-state index contributed by atoms with van der Waals surface area (Å²) in [6, 6.07) is 8.69. The van der Waals surface area contributed by atoms with Crippen molar-refractivity contribution in [3.05, 3.63) is 71.7 Å². The molecule has 0 saturated carbocycles. The fourth-order valence-electron chi connectivity index (χ4n) is 4.32. The number of nitrogen functional groups attached to an aromatic ring is 1. The van der Waals surface area contributed by atoms with Gasteiger partial charge in [0.25, 0.3) is 0 Å². The zero-order valence-electron chi connectivity index (χ0n) is 17.8. The largest absolute Gasteiger partial charge is 0.482 e. The number of ether oxygens (including phenoxy) is 3. The van der Waals surface area contributed by atoms with Gasteiger partial charge in [0.2, 0.25) is 0 Å². The first-order valence-electron chi connectivity index (χ1n) is 10.7. The second-order valence-electron chi connectivity index (χ2n) is 8.27. The third-order valence-corrected chi connectivity index (χ3v) is 6.11. The molecule has 2 aromatic heterocycles. The van der Waals surface area contributed by atoms with Gasteiger partial charge < -0.3 is 25.1 Å². The lowest BCUT2D eigenvalue weighted by Gasteiger charge is -2.18. The van der Waals surface area contributed by atoms with Crippen LogP contribution >= 0.6 is 0 Å². The van der Waals surface area contributed by atoms with Crippen LogP contribution in [0.5, 0.6) is 5.75 Å². The number of halogens is 2. The first kappa shape index (κ1) is 21.7. The second-order valence-corrected chi connectivity index (χ2v) is 8.27. The van der Waals surface area contributed by atoms with Crippen LogP contribution in [0.15, 0.2) is 48.8 Å². The normalized spacial score (nSPS) is 25.1. The summed E-state index contributed by atoms with van der Waals surface area (Å²) in [4.78, 5) is 8.75. The molecule has 0 bridgehead atoms. The maximum Gasteiger partial charge on any atom is 0.166 e. The van der Waals surface area contributed by atoms with Gasteiger partial charge in [-0.1, -0.05) is 6.07 Å². The van der Waals surface area contributed by atoms with Crippen molar-refractivity contribution >= 4 is 5.82 Å². The van der Waals surface area contributed by atoms with E-state index in [0.717, 1.165) is 29.5 Å². The van der Waals surface area contributed by atoms with E-state index in [0.29, 0.717) is 12.2 Å². The van der Waals surface area contributed by atoms with E-state index in [9.17, 15) is 13.9 Å². The minimum atomic E-state index is -0.780. The van der Waals surface area contributed by atoms with Crippen LogP contribution < -0.4 is 10.5 Å². The summed E-state index contributed by atoms with van der Waals surface area (Å²) in [5.41, 5.74) is 8.35. The summed E-state index contributed by atoms with van der Waals surface area (Å²) < 4.78 is 44.8. The number of hydrogen-bond acceptors (Lipinski definition) is 7. The summed E-state index contributed by atoms with van der Waals surface area (Å²) >= 11 is 0. The molecule has 0 amide bonds. The Balaban J connectivity index is 1.35. The molecule has 2 unspecified atom stereocenters. The van der Waals surface area contributed by atoms with Gasteiger partial charge in [0.15, 0.2) is 11.6 Å². The molecule has 0 radical (unpaired) electrons. The number of fused-ring (bicyclic) bond motifs is 1. The number of nitrogens with zero attached hydrogens (tertiary/aromatic N) is 2. The Morgan fingerprint density at radius 2 is 1.82 bits per heavy atom. The molecule has 3 aromatic rings. The number of benzene rings is 1. The van der Waals surface area contributed by atoms with Crippen LogP contribution in [0.1, 0.15) is 30.2 Å². The van der Waals surface area contributed by atoms with Crippen molar-refractivity contribution in [3.8, 4) is 16.9 Å². The third-order valence-electron chi connectivity index (χ3n) is 6.11. The van der Waals surface area contributed by atoms with Crippen molar-refractivity contribution in [1.82, 2.24) is 9.97 Å². The van der Waals surface area contributed by atoms with Crippen LogP contribution in [0, 0.1) is 11.6 Å². The molecular formula is C24H23F2N3O4. The van der Waals surface area contributed by atoms with Gasteiger partial charge in [-0.25, -0.2) is 13.8 Å². The molecule has 33 heavy (non-hydrogen) atoms. The third kappa shape index (κ3) is 4.15. The average molecular weight is 455 g/mol. The number of hydrogen-bond donors (Lipinski definition) is 2. The van der Waals surface area contributed by atoms with E-state index in [1.165, 1.54) is 0 Å². The Kier molecular flexibility index (Phi) is 5.69. The molecule has 2 aliphatic rings. The summed E-state index contributed by atoms with van der Waals surface area (Å²) in [5, 5.41) is 9.93. The fraction of sp³-hybridized carbons (Fsp3) is 0.333. The lowest BCUT2D eigenvalue weighted by atomic mass is 9.96. The van der Waals surface area contributed by atoms with Gasteiger partial charge in [0.1, 0.15) is 29.9 Å². The van der Waals surface area contributed by atoms with Gasteiger partial charge in [0.05, 0.1) is 25.2 Å². The lowest BCUT2D eigenvalue weighted by Crippen LogP contribution is -2.28. The number of aliphatic hydroxyl groups is 1. The zero-order valence-corrected chi connectivity index (χ0v) is 17.8. The topological polar surface area (TPSA) is 99.7 Å². The first-order valence-corrected chi connectivity index (χ1v) is 10.7. The molecule has 3 N–H and O–H groups in total. The molecule has 7 nitrogen and oxygen atoms in total. The van der Waals surface area contributed by atoms with Crippen LogP contribution in [-0.4, -0.2) is 46.6 Å². The number of aliphatic hydroxyl groups excluding tert-OH is 1. The van der Waals surface area contributed by atoms with Gasteiger partial charge >= 0.3 is 0 Å². The number of aromatic nitrogens is 2. The second kappa shape index (κ2) is 8.66. The highest BCUT2D eigenvalue weighted by Gasteiger charge is 2.48. The highest BCUT2D eigenvalue weighted by atomic mass is 19.1. The molecule has 4 heterocycles. The van der Waals surface area contributed by atoms with Gasteiger partial charge in [-0.2, -0.15) is 0 Å². The molecule has 5 atom stereocenters. The van der Waals surface area contributed by atoms with Crippen molar-refractivity contribution in [2.24, 2.45) is 0 Å². The molecule has 9 heteroatoms. The number of rotatable bonds is 5. The molecule has 2 saturated heterocycles. The number of pyridine rings is 2. The summed E-state index contributed by atoms with van der Waals surface area (Å²) in [7, 11) is 0. The standard InChI is InChI=1S/C24H23F2N3O4/c1-12(16-7-15(25)3-4-18(16)26)33-21-6-14(9-29-24(21)27)13-2-5-19(28-8-13)17-10-31-23-20(30)11-32-22(17)23/h2-9,12,17,20,22-23,30H,10-11H2,1H3,(H2,27,29)/t12?,17-,20?,22-,23-/m1/s1. The Morgan fingerprint density at radius 1 is 1.03 bits per heavy atom. The highest BCUT2D eigenvalue weighted by molar-refractivity contribution is 5.66. The molecule has 1 aromatic carbocycles. The molecule has 2 aliphatic heterocycles. The number of anilines is 1. The predicted octanol–water partition coefficient (Wildman–Crippen LogP) is 3.39. The van der Waals surface area contributed by atoms with Crippen molar-refractivity contribution in [1.29, 1.82) is 0 Å². The zero-order chi connectivity index (χ0) is 23.1. The van der Waals surface area contributed by atoms with Crippen molar-refractivity contribution in [3.63, 3.8) is 0 Å². The van der Waals surface area contributed by atoms with Crippen LogP contribution in [-0.2, 0) is 9.47 Å². The molecule has 2 fully saturated rings. The molecule has 0 spiro atoms. The molecule has 5 rings (SSSR count). The van der Waals surface area contributed by atoms with Crippen LogP contribution in [0.25, 0.3) is 11.1 Å². The summed E-state index contributed by atoms with van der Waals surface area (Å²) in [6.45, 7) is 2.32. The van der Waals surface area contributed by atoms with Crippen LogP contribution in [0.3, 0.4) is 0 Å². The highest BCUT2D eigenvalue weighted by Crippen LogP contribution is 2.37. The van der Waals surface area contributed by atoms with Crippen molar-refractivity contribution in [2.45, 2.75) is 37.3 Å². The maximum absolute atomic E-state index is 14.1. The minimum absolute atomic E-state index is 0.0494. The SMILES string of the molecule is CC(Oc1cc(-c2ccc([C@H]3CO[C@@H]4C(O)CO[C@H]34)nc2)cnc1N)c1cc(F)ccc1F. The first-order chi connectivity index (χ1) is 15.9. The van der Waals surface area contributed by atoms with Crippen molar-refractivity contribution in [2.75, 3.05) is 18.9 Å². The Morgan fingerprint density at radius 3 is 2.61 bits per heavy atom. The summed E-state index contributed by atoms with van der Waals surface area (Å²) in [5.74, 6) is -0.773.